The van der Waals surface area contributed by atoms with Crippen LogP contribution in [0.1, 0.15) is 42.3 Å². The largest absolute Gasteiger partial charge is 0.497 e. The molecule has 5 heteroatoms. The van der Waals surface area contributed by atoms with E-state index in [1.807, 2.05) is 42.2 Å². The number of piperidine rings is 1. The summed E-state index contributed by atoms with van der Waals surface area (Å²) in [6, 6.07) is 9.63. The molecule has 0 aliphatic carbocycles. The van der Waals surface area contributed by atoms with Crippen molar-refractivity contribution in [2.24, 2.45) is 0 Å². The van der Waals surface area contributed by atoms with Crippen molar-refractivity contribution in [2.75, 3.05) is 13.7 Å². The van der Waals surface area contributed by atoms with E-state index in [9.17, 15) is 4.79 Å². The SMILES string of the molecule is COc1cccc(CC(=O)N2CCCC[C@@H]2c2cc(C)on2)c1. The minimum absolute atomic E-state index is 0.0271. The number of nitrogens with zero attached hydrogens (tertiary/aromatic N) is 2. The van der Waals surface area contributed by atoms with E-state index in [1.165, 1.54) is 0 Å². The number of likely N-dealkylation sites (tertiary alicyclic amines) is 1. The third-order valence-electron chi connectivity index (χ3n) is 4.30. The monoisotopic (exact) mass is 314 g/mol. The number of amides is 1. The van der Waals surface area contributed by atoms with Gasteiger partial charge >= 0.3 is 0 Å². The number of rotatable bonds is 4. The van der Waals surface area contributed by atoms with Crippen molar-refractivity contribution >= 4 is 5.91 Å². The number of hydrogen-bond donors (Lipinski definition) is 0. The first-order valence-corrected chi connectivity index (χ1v) is 8.03. The lowest BCUT2D eigenvalue weighted by Crippen LogP contribution is -2.39. The molecule has 1 aromatic carbocycles. The molecule has 1 aliphatic rings. The van der Waals surface area contributed by atoms with E-state index in [-0.39, 0.29) is 11.9 Å². The first kappa shape index (κ1) is 15.6. The molecule has 5 nitrogen and oxygen atoms in total. The summed E-state index contributed by atoms with van der Waals surface area (Å²) in [7, 11) is 1.63. The van der Waals surface area contributed by atoms with E-state index in [2.05, 4.69) is 5.16 Å². The maximum absolute atomic E-state index is 12.8. The highest BCUT2D eigenvalue weighted by Crippen LogP contribution is 2.31. The van der Waals surface area contributed by atoms with Crippen molar-refractivity contribution in [3.63, 3.8) is 0 Å². The molecule has 0 N–H and O–H groups in total. The van der Waals surface area contributed by atoms with Gasteiger partial charge in [0.1, 0.15) is 17.2 Å². The van der Waals surface area contributed by atoms with Crippen LogP contribution in [0.2, 0.25) is 0 Å². The summed E-state index contributed by atoms with van der Waals surface area (Å²) >= 11 is 0. The normalized spacial score (nSPS) is 18.0. The van der Waals surface area contributed by atoms with Gasteiger partial charge in [0, 0.05) is 12.6 Å². The molecule has 0 saturated carbocycles. The Kier molecular flexibility index (Phi) is 4.65. The van der Waals surface area contributed by atoms with E-state index in [4.69, 9.17) is 9.26 Å². The summed E-state index contributed by atoms with van der Waals surface area (Å²) in [5.74, 6) is 1.69. The Morgan fingerprint density at radius 3 is 3.00 bits per heavy atom. The van der Waals surface area contributed by atoms with Gasteiger partial charge < -0.3 is 14.2 Å². The summed E-state index contributed by atoms with van der Waals surface area (Å²) in [4.78, 5) is 14.7. The van der Waals surface area contributed by atoms with Crippen LogP contribution in [0.15, 0.2) is 34.9 Å². The fourth-order valence-corrected chi connectivity index (χ4v) is 3.14. The highest BCUT2D eigenvalue weighted by molar-refractivity contribution is 5.79. The van der Waals surface area contributed by atoms with Gasteiger partial charge in [0.25, 0.3) is 0 Å². The molecule has 0 unspecified atom stereocenters. The maximum Gasteiger partial charge on any atom is 0.227 e. The molecule has 1 saturated heterocycles. The smallest absolute Gasteiger partial charge is 0.227 e. The van der Waals surface area contributed by atoms with Crippen LogP contribution < -0.4 is 4.74 Å². The zero-order valence-corrected chi connectivity index (χ0v) is 13.6. The molecule has 23 heavy (non-hydrogen) atoms. The Morgan fingerprint density at radius 2 is 2.26 bits per heavy atom. The minimum atomic E-state index is 0.0271. The van der Waals surface area contributed by atoms with Gasteiger partial charge in [-0.1, -0.05) is 17.3 Å². The van der Waals surface area contributed by atoms with Gasteiger partial charge in [0.2, 0.25) is 5.91 Å². The topological polar surface area (TPSA) is 55.6 Å². The highest BCUT2D eigenvalue weighted by Gasteiger charge is 2.30. The van der Waals surface area contributed by atoms with Crippen LogP contribution in [0.25, 0.3) is 0 Å². The lowest BCUT2D eigenvalue weighted by molar-refractivity contribution is -0.134. The van der Waals surface area contributed by atoms with Crippen LogP contribution in [0.3, 0.4) is 0 Å². The van der Waals surface area contributed by atoms with Crippen molar-refractivity contribution in [1.29, 1.82) is 0 Å². The summed E-state index contributed by atoms with van der Waals surface area (Å²) in [6.07, 6.45) is 3.47. The number of benzene rings is 1. The molecule has 1 aromatic heterocycles. The van der Waals surface area contributed by atoms with E-state index in [1.54, 1.807) is 7.11 Å². The lowest BCUT2D eigenvalue weighted by Gasteiger charge is -2.34. The molecular formula is C18H22N2O3. The third-order valence-corrected chi connectivity index (χ3v) is 4.30. The number of carbonyl (C=O) groups excluding carboxylic acids is 1. The minimum Gasteiger partial charge on any atom is -0.497 e. The maximum atomic E-state index is 12.8. The molecule has 2 aromatic rings. The van der Waals surface area contributed by atoms with E-state index in [0.717, 1.165) is 48.6 Å². The van der Waals surface area contributed by atoms with Crippen LogP contribution >= 0.6 is 0 Å². The lowest BCUT2D eigenvalue weighted by atomic mass is 9.98. The van der Waals surface area contributed by atoms with Gasteiger partial charge in [-0.25, -0.2) is 0 Å². The average molecular weight is 314 g/mol. The van der Waals surface area contributed by atoms with E-state index < -0.39 is 0 Å². The summed E-state index contributed by atoms with van der Waals surface area (Å²) in [5.41, 5.74) is 1.83. The quantitative estimate of drug-likeness (QED) is 0.869. The van der Waals surface area contributed by atoms with Crippen molar-refractivity contribution in [1.82, 2.24) is 10.1 Å². The zero-order chi connectivity index (χ0) is 16.2. The summed E-state index contributed by atoms with van der Waals surface area (Å²) in [5, 5.41) is 4.12. The van der Waals surface area contributed by atoms with Gasteiger partial charge in [-0.15, -0.1) is 0 Å². The fourth-order valence-electron chi connectivity index (χ4n) is 3.14. The van der Waals surface area contributed by atoms with Crippen LogP contribution in [0.5, 0.6) is 5.75 Å². The van der Waals surface area contributed by atoms with Crippen molar-refractivity contribution in [3.8, 4) is 5.75 Å². The number of aryl methyl sites for hydroxylation is 1. The molecule has 0 radical (unpaired) electrons. The standard InChI is InChI=1S/C18H22N2O3/c1-13-10-16(19-23-13)17-8-3-4-9-20(17)18(21)12-14-6-5-7-15(11-14)22-2/h5-7,10-11,17H,3-4,8-9,12H2,1-2H3/t17-/m1/s1. The molecule has 1 atom stereocenters. The Labute approximate surface area is 136 Å². The molecule has 1 amide bonds. The van der Waals surface area contributed by atoms with Crippen molar-refractivity contribution in [3.05, 3.63) is 47.3 Å². The molecule has 0 spiro atoms. The Balaban J connectivity index is 1.75. The predicted molar refractivity (Wildman–Crippen MR) is 86.2 cm³/mol. The van der Waals surface area contributed by atoms with Gasteiger partial charge in [0.15, 0.2) is 0 Å². The molecular weight excluding hydrogens is 292 g/mol. The predicted octanol–water partition coefficient (Wildman–Crippen LogP) is 3.29. The fraction of sp³-hybridized carbons (Fsp3) is 0.444. The third kappa shape index (κ3) is 3.55. The first-order chi connectivity index (χ1) is 11.2. The van der Waals surface area contributed by atoms with Crippen molar-refractivity contribution < 1.29 is 14.1 Å². The molecule has 3 rings (SSSR count). The number of hydrogen-bond acceptors (Lipinski definition) is 4. The Bertz CT molecular complexity index is 680. The molecule has 0 bridgehead atoms. The Morgan fingerprint density at radius 1 is 1.39 bits per heavy atom. The zero-order valence-electron chi connectivity index (χ0n) is 13.6. The number of methoxy groups -OCH3 is 1. The summed E-state index contributed by atoms with van der Waals surface area (Å²) in [6.45, 7) is 2.65. The van der Waals surface area contributed by atoms with Crippen LogP contribution in [0.4, 0.5) is 0 Å². The number of ether oxygens (including phenoxy) is 1. The van der Waals surface area contributed by atoms with Gasteiger partial charge in [-0.05, 0) is 43.9 Å². The second-order valence-corrected chi connectivity index (χ2v) is 5.99. The van der Waals surface area contributed by atoms with E-state index >= 15 is 0 Å². The summed E-state index contributed by atoms with van der Waals surface area (Å²) < 4.78 is 10.4. The highest BCUT2D eigenvalue weighted by atomic mass is 16.5. The molecule has 2 heterocycles. The average Bonchev–Trinajstić information content (AvgIpc) is 3.01. The molecule has 1 aliphatic heterocycles. The van der Waals surface area contributed by atoms with Crippen molar-refractivity contribution in [2.45, 2.75) is 38.6 Å². The van der Waals surface area contributed by atoms with Crippen LogP contribution in [0, 0.1) is 6.92 Å². The Hall–Kier alpha value is -2.30. The van der Waals surface area contributed by atoms with Gasteiger partial charge in [-0.2, -0.15) is 0 Å². The number of aromatic nitrogens is 1. The molecule has 122 valence electrons. The second-order valence-electron chi connectivity index (χ2n) is 5.99. The van der Waals surface area contributed by atoms with Gasteiger partial charge in [-0.3, -0.25) is 4.79 Å². The second kappa shape index (κ2) is 6.86. The van der Waals surface area contributed by atoms with Gasteiger partial charge in [0.05, 0.1) is 19.6 Å². The van der Waals surface area contributed by atoms with E-state index in [0.29, 0.717) is 6.42 Å². The number of carbonyl (C=O) groups is 1. The van der Waals surface area contributed by atoms with Crippen LogP contribution in [-0.4, -0.2) is 29.6 Å². The molecule has 1 fully saturated rings. The first-order valence-electron chi connectivity index (χ1n) is 8.03. The van der Waals surface area contributed by atoms with Crippen LogP contribution in [-0.2, 0) is 11.2 Å².